The molecule has 2 aromatic rings. The number of hydrogen-bond donors (Lipinski definition) is 1. The van der Waals surface area contributed by atoms with Crippen LogP contribution in [0, 0.1) is 0 Å². The Morgan fingerprint density at radius 2 is 2.00 bits per heavy atom. The van der Waals surface area contributed by atoms with E-state index in [1.165, 1.54) is 30.0 Å². The van der Waals surface area contributed by atoms with Gasteiger partial charge in [0.05, 0.1) is 0 Å². The van der Waals surface area contributed by atoms with Crippen LogP contribution in [0.5, 0.6) is 0 Å². The van der Waals surface area contributed by atoms with Gasteiger partial charge < -0.3 is 9.88 Å². The summed E-state index contributed by atoms with van der Waals surface area (Å²) in [6, 6.07) is 9.65. The van der Waals surface area contributed by atoms with Crippen LogP contribution in [0.15, 0.2) is 45.8 Å². The van der Waals surface area contributed by atoms with Gasteiger partial charge in [0.15, 0.2) is 0 Å². The molecule has 23 heavy (non-hydrogen) atoms. The van der Waals surface area contributed by atoms with Gasteiger partial charge in [0.1, 0.15) is 0 Å². The van der Waals surface area contributed by atoms with Gasteiger partial charge in [0, 0.05) is 36.2 Å². The third-order valence-electron chi connectivity index (χ3n) is 4.18. The maximum absolute atomic E-state index is 12.0. The summed E-state index contributed by atoms with van der Waals surface area (Å²) in [6.45, 7) is 0.924. The highest BCUT2D eigenvalue weighted by molar-refractivity contribution is 9.10. The van der Waals surface area contributed by atoms with Crippen LogP contribution < -0.4 is 10.9 Å². The van der Waals surface area contributed by atoms with Crippen molar-refractivity contribution in [2.75, 3.05) is 0 Å². The van der Waals surface area contributed by atoms with Crippen LogP contribution >= 0.6 is 15.9 Å². The second kappa shape index (κ2) is 7.13. The number of rotatable bonds is 5. The lowest BCUT2D eigenvalue weighted by molar-refractivity contribution is -0.121. The Morgan fingerprint density at radius 3 is 2.87 bits per heavy atom. The monoisotopic (exact) mass is 374 g/mol. The number of carbonyl (C=O) groups is 1. The zero-order valence-electron chi connectivity index (χ0n) is 12.8. The molecule has 1 aliphatic rings. The van der Waals surface area contributed by atoms with Gasteiger partial charge in [-0.2, -0.15) is 0 Å². The molecule has 0 saturated carbocycles. The van der Waals surface area contributed by atoms with Gasteiger partial charge in [0.2, 0.25) is 5.91 Å². The molecule has 1 amide bonds. The van der Waals surface area contributed by atoms with Crippen molar-refractivity contribution >= 4 is 21.8 Å². The van der Waals surface area contributed by atoms with Gasteiger partial charge in [0.25, 0.3) is 5.56 Å². The molecule has 0 spiro atoms. The molecule has 3 rings (SSSR count). The summed E-state index contributed by atoms with van der Waals surface area (Å²) in [5.41, 5.74) is 3.89. The summed E-state index contributed by atoms with van der Waals surface area (Å²) in [4.78, 5) is 23.7. The van der Waals surface area contributed by atoms with Crippen LogP contribution in [-0.2, 0) is 30.7 Å². The molecule has 0 atom stereocenters. The molecule has 1 aromatic heterocycles. The van der Waals surface area contributed by atoms with Crippen LogP contribution in [0.1, 0.15) is 29.5 Å². The van der Waals surface area contributed by atoms with E-state index in [1.54, 1.807) is 16.8 Å². The molecule has 0 unspecified atom stereocenters. The zero-order chi connectivity index (χ0) is 16.2. The topological polar surface area (TPSA) is 51.1 Å². The molecule has 1 aliphatic carbocycles. The number of aryl methyl sites for hydroxylation is 3. The summed E-state index contributed by atoms with van der Waals surface area (Å²) < 4.78 is 2.37. The van der Waals surface area contributed by atoms with Crippen molar-refractivity contribution < 1.29 is 4.79 Å². The van der Waals surface area contributed by atoms with E-state index in [9.17, 15) is 9.59 Å². The van der Waals surface area contributed by atoms with Crippen molar-refractivity contribution in [3.63, 3.8) is 0 Å². The van der Waals surface area contributed by atoms with Gasteiger partial charge >= 0.3 is 0 Å². The Balaban J connectivity index is 1.52. The van der Waals surface area contributed by atoms with E-state index in [2.05, 4.69) is 39.4 Å². The fourth-order valence-electron chi connectivity index (χ4n) is 2.92. The number of nitrogens with zero attached hydrogens (tertiary/aromatic N) is 1. The molecule has 4 nitrogen and oxygen atoms in total. The Morgan fingerprint density at radius 1 is 1.17 bits per heavy atom. The summed E-state index contributed by atoms with van der Waals surface area (Å²) in [5.74, 6) is -0.0441. The quantitative estimate of drug-likeness (QED) is 0.874. The number of amides is 1. The Kier molecular flexibility index (Phi) is 4.96. The predicted molar refractivity (Wildman–Crippen MR) is 93.3 cm³/mol. The SMILES string of the molecule is O=C(CCn1cc(Br)ccc1=O)NCc1ccc2c(c1)CCC2. The molecule has 120 valence electrons. The number of aromatic nitrogens is 1. The number of benzene rings is 1. The highest BCUT2D eigenvalue weighted by Crippen LogP contribution is 2.22. The van der Waals surface area contributed by atoms with Crippen molar-refractivity contribution in [2.24, 2.45) is 0 Å². The zero-order valence-corrected chi connectivity index (χ0v) is 14.4. The average molecular weight is 375 g/mol. The summed E-state index contributed by atoms with van der Waals surface area (Å²) in [6.07, 6.45) is 5.54. The van der Waals surface area contributed by atoms with E-state index >= 15 is 0 Å². The van der Waals surface area contributed by atoms with Crippen LogP contribution in [0.3, 0.4) is 0 Å². The van der Waals surface area contributed by atoms with Gasteiger partial charge in [-0.15, -0.1) is 0 Å². The van der Waals surface area contributed by atoms with E-state index in [0.717, 1.165) is 16.5 Å². The summed E-state index contributed by atoms with van der Waals surface area (Å²) in [5, 5.41) is 2.93. The van der Waals surface area contributed by atoms with Crippen LogP contribution in [-0.4, -0.2) is 10.5 Å². The minimum atomic E-state index is -0.0976. The Bertz CT molecular complexity index is 783. The van der Waals surface area contributed by atoms with Crippen molar-refractivity contribution in [3.8, 4) is 0 Å². The number of carbonyl (C=O) groups excluding carboxylic acids is 1. The lowest BCUT2D eigenvalue weighted by Gasteiger charge is -2.09. The van der Waals surface area contributed by atoms with Gasteiger partial charge in [-0.1, -0.05) is 18.2 Å². The summed E-state index contributed by atoms with van der Waals surface area (Å²) in [7, 11) is 0. The molecule has 1 heterocycles. The Hall–Kier alpha value is -1.88. The first-order chi connectivity index (χ1) is 11.1. The number of hydrogen-bond acceptors (Lipinski definition) is 2. The number of pyridine rings is 1. The number of nitrogens with one attached hydrogen (secondary N) is 1. The van der Waals surface area contributed by atoms with E-state index in [0.29, 0.717) is 19.5 Å². The molecule has 1 aromatic carbocycles. The minimum absolute atomic E-state index is 0.0441. The maximum Gasteiger partial charge on any atom is 0.250 e. The lowest BCUT2D eigenvalue weighted by Crippen LogP contribution is -2.26. The van der Waals surface area contributed by atoms with Gasteiger partial charge in [-0.05, 0) is 57.9 Å². The molecule has 0 aliphatic heterocycles. The van der Waals surface area contributed by atoms with Crippen LogP contribution in [0.2, 0.25) is 0 Å². The van der Waals surface area contributed by atoms with Gasteiger partial charge in [-0.25, -0.2) is 0 Å². The first kappa shape index (κ1) is 16.0. The maximum atomic E-state index is 12.0. The minimum Gasteiger partial charge on any atom is -0.352 e. The van der Waals surface area contributed by atoms with Crippen molar-refractivity contribution in [3.05, 3.63) is 68.0 Å². The standard InChI is InChI=1S/C18H19BrN2O2/c19-16-6-7-18(23)21(12-16)9-8-17(22)20-11-13-4-5-14-2-1-3-15(14)10-13/h4-7,10,12H,1-3,8-9,11H2,(H,20,22). The highest BCUT2D eigenvalue weighted by Gasteiger charge is 2.11. The Labute approximate surface area is 143 Å². The molecular weight excluding hydrogens is 356 g/mol. The fraction of sp³-hybridized carbons (Fsp3) is 0.333. The fourth-order valence-corrected chi connectivity index (χ4v) is 3.30. The molecule has 0 fully saturated rings. The number of halogens is 1. The smallest absolute Gasteiger partial charge is 0.250 e. The third kappa shape index (κ3) is 4.10. The van der Waals surface area contributed by atoms with Gasteiger partial charge in [-0.3, -0.25) is 9.59 Å². The van der Waals surface area contributed by atoms with Crippen LogP contribution in [0.4, 0.5) is 0 Å². The van der Waals surface area contributed by atoms with Crippen molar-refractivity contribution in [2.45, 2.75) is 38.8 Å². The van der Waals surface area contributed by atoms with E-state index in [4.69, 9.17) is 0 Å². The first-order valence-corrected chi connectivity index (χ1v) is 8.64. The van der Waals surface area contributed by atoms with E-state index in [-0.39, 0.29) is 11.5 Å². The lowest BCUT2D eigenvalue weighted by atomic mass is 10.1. The summed E-state index contributed by atoms with van der Waals surface area (Å²) >= 11 is 3.33. The predicted octanol–water partition coefficient (Wildman–Crippen LogP) is 2.81. The van der Waals surface area contributed by atoms with E-state index in [1.807, 2.05) is 0 Å². The van der Waals surface area contributed by atoms with Crippen LogP contribution in [0.25, 0.3) is 0 Å². The average Bonchev–Trinajstić information content (AvgIpc) is 3.01. The highest BCUT2D eigenvalue weighted by atomic mass is 79.9. The first-order valence-electron chi connectivity index (χ1n) is 7.85. The third-order valence-corrected chi connectivity index (χ3v) is 4.65. The number of fused-ring (bicyclic) bond motifs is 1. The largest absolute Gasteiger partial charge is 0.352 e. The van der Waals surface area contributed by atoms with E-state index < -0.39 is 0 Å². The molecular formula is C18H19BrN2O2. The normalized spacial score (nSPS) is 12.9. The second-order valence-electron chi connectivity index (χ2n) is 5.86. The van der Waals surface area contributed by atoms with Crippen molar-refractivity contribution in [1.29, 1.82) is 0 Å². The molecule has 0 bridgehead atoms. The van der Waals surface area contributed by atoms with Crippen molar-refractivity contribution in [1.82, 2.24) is 9.88 Å². The molecule has 1 N–H and O–H groups in total. The molecule has 0 saturated heterocycles. The molecule has 0 radical (unpaired) electrons. The molecule has 5 heteroatoms. The second-order valence-corrected chi connectivity index (χ2v) is 6.78.